The summed E-state index contributed by atoms with van der Waals surface area (Å²) in [5.41, 5.74) is 5.28. The number of para-hydroxylation sites is 1. The van der Waals surface area contributed by atoms with Crippen molar-refractivity contribution in [2.75, 3.05) is 7.11 Å². The van der Waals surface area contributed by atoms with Crippen molar-refractivity contribution in [2.45, 2.75) is 13.2 Å². The van der Waals surface area contributed by atoms with Crippen molar-refractivity contribution in [3.8, 4) is 16.9 Å². The smallest absolute Gasteiger partial charge is 0.251 e. The van der Waals surface area contributed by atoms with E-state index in [2.05, 4.69) is 10.3 Å². The molecule has 150 valence electrons. The highest BCUT2D eigenvalue weighted by molar-refractivity contribution is 5.94. The molecule has 0 saturated carbocycles. The molecule has 0 atom stereocenters. The van der Waals surface area contributed by atoms with Crippen LogP contribution < -0.4 is 5.32 Å². The van der Waals surface area contributed by atoms with Crippen LogP contribution in [0.25, 0.3) is 16.9 Å². The standard InChI is InChI=1S/C24H22N4O2/c1-30-17-18-7-9-20(10-8-18)24(29)26-15-21-16-28(22-5-3-2-4-6-22)27-23(21)19-11-13-25-14-12-19/h2-14,16H,15,17H2,1H3,(H,26,29). The van der Waals surface area contributed by atoms with Crippen molar-refractivity contribution >= 4 is 5.91 Å². The summed E-state index contributed by atoms with van der Waals surface area (Å²) in [4.78, 5) is 16.7. The van der Waals surface area contributed by atoms with Crippen molar-refractivity contribution in [1.29, 1.82) is 0 Å². The Balaban J connectivity index is 1.56. The Morgan fingerprint density at radius 3 is 2.43 bits per heavy atom. The van der Waals surface area contributed by atoms with E-state index in [1.54, 1.807) is 31.6 Å². The summed E-state index contributed by atoms with van der Waals surface area (Å²) in [7, 11) is 1.65. The summed E-state index contributed by atoms with van der Waals surface area (Å²) in [6.45, 7) is 0.888. The van der Waals surface area contributed by atoms with Gasteiger partial charge in [0.2, 0.25) is 0 Å². The molecule has 6 heteroatoms. The summed E-state index contributed by atoms with van der Waals surface area (Å²) in [5, 5.41) is 7.76. The zero-order valence-electron chi connectivity index (χ0n) is 16.7. The highest BCUT2D eigenvalue weighted by atomic mass is 16.5. The number of pyridine rings is 1. The molecule has 6 nitrogen and oxygen atoms in total. The predicted octanol–water partition coefficient (Wildman–Crippen LogP) is 4.01. The van der Waals surface area contributed by atoms with E-state index in [0.717, 1.165) is 28.1 Å². The maximum absolute atomic E-state index is 12.6. The largest absolute Gasteiger partial charge is 0.380 e. The van der Waals surface area contributed by atoms with Crippen LogP contribution in [0.3, 0.4) is 0 Å². The zero-order valence-corrected chi connectivity index (χ0v) is 16.7. The summed E-state index contributed by atoms with van der Waals surface area (Å²) in [6.07, 6.45) is 5.43. The minimum Gasteiger partial charge on any atom is -0.380 e. The topological polar surface area (TPSA) is 69.0 Å². The highest BCUT2D eigenvalue weighted by Gasteiger charge is 2.14. The van der Waals surface area contributed by atoms with Crippen molar-refractivity contribution in [1.82, 2.24) is 20.1 Å². The van der Waals surface area contributed by atoms with E-state index in [0.29, 0.717) is 18.7 Å². The molecule has 2 aromatic carbocycles. The number of amides is 1. The number of hydrogen-bond acceptors (Lipinski definition) is 4. The van der Waals surface area contributed by atoms with Gasteiger partial charge in [-0.05, 0) is 42.0 Å². The fraction of sp³-hybridized carbons (Fsp3) is 0.125. The van der Waals surface area contributed by atoms with Gasteiger partial charge in [0.1, 0.15) is 0 Å². The van der Waals surface area contributed by atoms with Crippen LogP contribution in [0.4, 0.5) is 0 Å². The Hall–Kier alpha value is -3.77. The molecule has 30 heavy (non-hydrogen) atoms. The average Bonchev–Trinajstić information content (AvgIpc) is 3.24. The second-order valence-electron chi connectivity index (χ2n) is 6.83. The first-order valence-corrected chi connectivity index (χ1v) is 9.65. The number of methoxy groups -OCH3 is 1. The lowest BCUT2D eigenvalue weighted by atomic mass is 10.1. The highest BCUT2D eigenvalue weighted by Crippen LogP contribution is 2.23. The van der Waals surface area contributed by atoms with Gasteiger partial charge in [-0.2, -0.15) is 5.10 Å². The molecule has 0 aliphatic rings. The molecular weight excluding hydrogens is 376 g/mol. The van der Waals surface area contributed by atoms with Crippen molar-refractivity contribution in [2.24, 2.45) is 0 Å². The van der Waals surface area contributed by atoms with Crippen molar-refractivity contribution in [3.05, 3.63) is 102 Å². The van der Waals surface area contributed by atoms with E-state index >= 15 is 0 Å². The summed E-state index contributed by atoms with van der Waals surface area (Å²) in [6, 6.07) is 21.1. The fourth-order valence-electron chi connectivity index (χ4n) is 3.20. The van der Waals surface area contributed by atoms with Crippen LogP contribution >= 0.6 is 0 Å². The number of ether oxygens (including phenoxy) is 1. The molecule has 2 aromatic heterocycles. The maximum Gasteiger partial charge on any atom is 0.251 e. The SMILES string of the molecule is COCc1ccc(C(=O)NCc2cn(-c3ccccc3)nc2-c2ccncc2)cc1. The van der Waals surface area contributed by atoms with E-state index in [1.807, 2.05) is 65.5 Å². The van der Waals surface area contributed by atoms with Crippen molar-refractivity contribution < 1.29 is 9.53 Å². The van der Waals surface area contributed by atoms with Gasteiger partial charge in [-0.3, -0.25) is 9.78 Å². The predicted molar refractivity (Wildman–Crippen MR) is 115 cm³/mol. The first-order chi connectivity index (χ1) is 14.7. The molecule has 0 spiro atoms. The lowest BCUT2D eigenvalue weighted by molar-refractivity contribution is 0.0951. The van der Waals surface area contributed by atoms with Gasteiger partial charge in [-0.25, -0.2) is 4.68 Å². The lowest BCUT2D eigenvalue weighted by Crippen LogP contribution is -2.22. The maximum atomic E-state index is 12.6. The molecule has 0 unspecified atom stereocenters. The van der Waals surface area contributed by atoms with Crippen LogP contribution in [0.15, 0.2) is 85.3 Å². The van der Waals surface area contributed by atoms with Crippen molar-refractivity contribution in [3.63, 3.8) is 0 Å². The molecule has 0 aliphatic heterocycles. The van der Waals surface area contributed by atoms with E-state index in [4.69, 9.17) is 9.84 Å². The van der Waals surface area contributed by atoms with Crippen LogP contribution in [0.5, 0.6) is 0 Å². The van der Waals surface area contributed by atoms with E-state index < -0.39 is 0 Å². The van der Waals surface area contributed by atoms with E-state index in [1.165, 1.54) is 0 Å². The molecule has 0 fully saturated rings. The average molecular weight is 398 g/mol. The molecule has 0 bridgehead atoms. The molecule has 0 radical (unpaired) electrons. The first kappa shape index (κ1) is 19.5. The number of hydrogen-bond donors (Lipinski definition) is 1. The van der Waals surface area contributed by atoms with Gasteiger partial charge in [-0.15, -0.1) is 0 Å². The molecule has 2 heterocycles. The second-order valence-corrected chi connectivity index (χ2v) is 6.83. The van der Waals surface area contributed by atoms with Gasteiger partial charge in [0.15, 0.2) is 0 Å². The minimum absolute atomic E-state index is 0.132. The second kappa shape index (κ2) is 9.15. The number of carbonyl (C=O) groups is 1. The number of aromatic nitrogens is 3. The normalized spacial score (nSPS) is 10.7. The number of benzene rings is 2. The zero-order chi connectivity index (χ0) is 20.8. The van der Waals surface area contributed by atoms with Gasteiger partial charge in [0, 0.05) is 48.9 Å². The van der Waals surface area contributed by atoms with Crippen LogP contribution in [-0.4, -0.2) is 27.8 Å². The van der Waals surface area contributed by atoms with Crippen LogP contribution in [0.1, 0.15) is 21.5 Å². The van der Waals surface area contributed by atoms with E-state index in [-0.39, 0.29) is 5.91 Å². The van der Waals surface area contributed by atoms with Gasteiger partial charge < -0.3 is 10.1 Å². The van der Waals surface area contributed by atoms with Gasteiger partial charge in [-0.1, -0.05) is 30.3 Å². The summed E-state index contributed by atoms with van der Waals surface area (Å²) >= 11 is 0. The number of rotatable bonds is 7. The summed E-state index contributed by atoms with van der Waals surface area (Å²) in [5.74, 6) is -0.132. The molecule has 0 aliphatic carbocycles. The Morgan fingerprint density at radius 1 is 1.00 bits per heavy atom. The lowest BCUT2D eigenvalue weighted by Gasteiger charge is -2.07. The molecule has 0 saturated heterocycles. The molecular formula is C24H22N4O2. The Labute approximate surface area is 175 Å². The van der Waals surface area contributed by atoms with Gasteiger partial charge >= 0.3 is 0 Å². The van der Waals surface area contributed by atoms with E-state index in [9.17, 15) is 4.79 Å². The van der Waals surface area contributed by atoms with Crippen LogP contribution in [0, 0.1) is 0 Å². The third-order valence-corrected chi connectivity index (χ3v) is 4.73. The fourth-order valence-corrected chi connectivity index (χ4v) is 3.20. The number of nitrogens with one attached hydrogen (secondary N) is 1. The van der Waals surface area contributed by atoms with Crippen LogP contribution in [-0.2, 0) is 17.9 Å². The molecule has 4 aromatic rings. The Kier molecular flexibility index (Phi) is 5.96. The van der Waals surface area contributed by atoms with Crippen LogP contribution in [0.2, 0.25) is 0 Å². The third kappa shape index (κ3) is 4.45. The molecule has 4 rings (SSSR count). The van der Waals surface area contributed by atoms with Gasteiger partial charge in [0.25, 0.3) is 5.91 Å². The molecule has 1 amide bonds. The first-order valence-electron chi connectivity index (χ1n) is 9.65. The third-order valence-electron chi connectivity index (χ3n) is 4.73. The summed E-state index contributed by atoms with van der Waals surface area (Å²) < 4.78 is 6.94. The Bertz CT molecular complexity index is 1110. The monoisotopic (exact) mass is 398 g/mol. The number of carbonyl (C=O) groups excluding carboxylic acids is 1. The number of nitrogens with zero attached hydrogens (tertiary/aromatic N) is 3. The molecule has 1 N–H and O–H groups in total. The Morgan fingerprint density at radius 2 is 1.73 bits per heavy atom. The van der Waals surface area contributed by atoms with Gasteiger partial charge in [0.05, 0.1) is 18.0 Å². The quantitative estimate of drug-likeness (QED) is 0.511. The minimum atomic E-state index is -0.132.